The summed E-state index contributed by atoms with van der Waals surface area (Å²) in [5, 5.41) is 6.27. The second kappa shape index (κ2) is 7.22. The number of nitrogens with one attached hydrogen (secondary N) is 1. The van der Waals surface area contributed by atoms with Crippen molar-refractivity contribution in [3.63, 3.8) is 0 Å². The lowest BCUT2D eigenvalue weighted by molar-refractivity contribution is 0.101. The van der Waals surface area contributed by atoms with Crippen LogP contribution in [0.4, 0.5) is 23.2 Å². The lowest BCUT2D eigenvalue weighted by Crippen LogP contribution is -2.16. The molecule has 0 bridgehead atoms. The van der Waals surface area contributed by atoms with Crippen molar-refractivity contribution in [3.05, 3.63) is 76.9 Å². The molecule has 2 aromatic carbocycles. The Morgan fingerprint density at radius 3 is 2.30 bits per heavy atom. The number of rotatable bonds is 4. The fraction of sp³-hybridized carbons (Fsp3) is 0.158. The maximum absolute atomic E-state index is 14.5. The Morgan fingerprint density at radius 1 is 1.07 bits per heavy atom. The van der Waals surface area contributed by atoms with Gasteiger partial charge in [0.2, 0.25) is 0 Å². The minimum absolute atomic E-state index is 0.00722. The topological polar surface area (TPSA) is 46.9 Å². The second-order valence-corrected chi connectivity index (χ2v) is 5.96. The minimum atomic E-state index is -1.30. The van der Waals surface area contributed by atoms with Crippen LogP contribution in [0.5, 0.6) is 0 Å². The molecule has 3 rings (SSSR count). The number of carbonyl (C=O) groups excluding carboxylic acids is 1. The molecule has 0 aliphatic rings. The van der Waals surface area contributed by atoms with E-state index in [4.69, 9.17) is 0 Å². The molecule has 8 heteroatoms. The quantitative estimate of drug-likeness (QED) is 0.659. The Morgan fingerprint density at radius 2 is 1.74 bits per heavy atom. The summed E-state index contributed by atoms with van der Waals surface area (Å²) in [6, 6.07) is 8.21. The number of hydrogen-bond donors (Lipinski definition) is 1. The Bertz CT molecular complexity index is 994. The average Bonchev–Trinajstić information content (AvgIpc) is 2.97. The van der Waals surface area contributed by atoms with E-state index in [9.17, 15) is 22.4 Å². The maximum atomic E-state index is 14.5. The van der Waals surface area contributed by atoms with Crippen LogP contribution in [0.2, 0.25) is 0 Å². The highest BCUT2D eigenvalue weighted by atomic mass is 19.1. The molecule has 27 heavy (non-hydrogen) atoms. The third-order valence-corrected chi connectivity index (χ3v) is 3.94. The number of aromatic nitrogens is 2. The van der Waals surface area contributed by atoms with E-state index in [1.54, 1.807) is 6.92 Å². The van der Waals surface area contributed by atoms with Gasteiger partial charge in [-0.15, -0.1) is 0 Å². The third-order valence-electron chi connectivity index (χ3n) is 3.94. The number of aryl methyl sites for hydroxylation is 1. The van der Waals surface area contributed by atoms with Crippen LogP contribution in [-0.4, -0.2) is 15.7 Å². The van der Waals surface area contributed by atoms with Crippen molar-refractivity contribution >= 4 is 11.6 Å². The van der Waals surface area contributed by atoms with Gasteiger partial charge in [-0.2, -0.15) is 5.10 Å². The van der Waals surface area contributed by atoms with Crippen LogP contribution in [-0.2, 0) is 0 Å². The molecule has 1 N–H and O–H groups in total. The number of carbonyl (C=O) groups is 1. The molecule has 0 saturated carbocycles. The van der Waals surface area contributed by atoms with Crippen LogP contribution in [0.1, 0.15) is 34.8 Å². The van der Waals surface area contributed by atoms with Gasteiger partial charge in [0.15, 0.2) is 5.82 Å². The zero-order valence-electron chi connectivity index (χ0n) is 14.4. The first-order valence-electron chi connectivity index (χ1n) is 8.04. The summed E-state index contributed by atoms with van der Waals surface area (Å²) in [5.74, 6) is -3.83. The Labute approximate surface area is 152 Å². The Balaban J connectivity index is 1.88. The van der Waals surface area contributed by atoms with Crippen molar-refractivity contribution < 1.29 is 22.4 Å². The van der Waals surface area contributed by atoms with Gasteiger partial charge in [0, 0.05) is 11.4 Å². The van der Waals surface area contributed by atoms with Gasteiger partial charge in [-0.25, -0.2) is 22.2 Å². The van der Waals surface area contributed by atoms with Crippen molar-refractivity contribution in [2.45, 2.75) is 20.0 Å². The first-order valence-corrected chi connectivity index (χ1v) is 8.04. The van der Waals surface area contributed by atoms with Gasteiger partial charge >= 0.3 is 0 Å². The summed E-state index contributed by atoms with van der Waals surface area (Å²) in [5.41, 5.74) is -0.00772. The largest absolute Gasteiger partial charge is 0.322 e. The summed E-state index contributed by atoms with van der Waals surface area (Å²) in [7, 11) is 0. The van der Waals surface area contributed by atoms with Gasteiger partial charge in [-0.1, -0.05) is 6.07 Å². The van der Waals surface area contributed by atoms with E-state index in [0.717, 1.165) is 24.3 Å². The summed E-state index contributed by atoms with van der Waals surface area (Å²) >= 11 is 0. The molecule has 1 unspecified atom stereocenters. The fourth-order valence-electron chi connectivity index (χ4n) is 2.60. The highest BCUT2D eigenvalue weighted by Gasteiger charge is 2.18. The van der Waals surface area contributed by atoms with Gasteiger partial charge < -0.3 is 5.32 Å². The molecule has 4 nitrogen and oxygen atoms in total. The molecule has 140 valence electrons. The molecule has 0 aliphatic heterocycles. The van der Waals surface area contributed by atoms with Gasteiger partial charge in [-0.05, 0) is 50.2 Å². The van der Waals surface area contributed by atoms with Crippen LogP contribution in [0.25, 0.3) is 5.69 Å². The zero-order valence-corrected chi connectivity index (χ0v) is 14.4. The lowest BCUT2D eigenvalue weighted by Gasteiger charge is -2.10. The molecule has 3 aromatic rings. The number of hydrogen-bond acceptors (Lipinski definition) is 2. The van der Waals surface area contributed by atoms with Gasteiger partial charge in [0.05, 0.1) is 5.69 Å². The van der Waals surface area contributed by atoms with Gasteiger partial charge in [-0.3, -0.25) is 4.79 Å². The summed E-state index contributed by atoms with van der Waals surface area (Å²) in [6.07, 6.45) is -1.30. The molecular weight excluding hydrogens is 362 g/mol. The van der Waals surface area contributed by atoms with E-state index in [2.05, 4.69) is 10.4 Å². The van der Waals surface area contributed by atoms with Gasteiger partial charge in [0.25, 0.3) is 5.91 Å². The number of nitrogens with zero attached hydrogens (tertiary/aromatic N) is 2. The number of amides is 1. The van der Waals surface area contributed by atoms with E-state index >= 15 is 0 Å². The van der Waals surface area contributed by atoms with Gasteiger partial charge in [0.1, 0.15) is 29.1 Å². The van der Waals surface area contributed by atoms with E-state index in [1.165, 1.54) is 29.8 Å². The monoisotopic (exact) mass is 377 g/mol. The molecule has 0 aliphatic carbocycles. The molecular formula is C19H15F4N3O. The summed E-state index contributed by atoms with van der Waals surface area (Å²) in [4.78, 5) is 12.1. The van der Waals surface area contributed by atoms with Crippen molar-refractivity contribution in [2.75, 3.05) is 5.32 Å². The first kappa shape index (κ1) is 18.6. The molecule has 0 saturated heterocycles. The predicted molar refractivity (Wildman–Crippen MR) is 92.1 cm³/mol. The predicted octanol–water partition coefficient (Wildman–Crippen LogP) is 4.88. The fourth-order valence-corrected chi connectivity index (χ4v) is 2.60. The highest BCUT2D eigenvalue weighted by molar-refractivity contribution is 6.04. The minimum Gasteiger partial charge on any atom is -0.322 e. The normalized spacial score (nSPS) is 12.1. The zero-order chi connectivity index (χ0) is 19.7. The van der Waals surface area contributed by atoms with Crippen LogP contribution in [0, 0.1) is 24.4 Å². The van der Waals surface area contributed by atoms with E-state index < -0.39 is 35.1 Å². The lowest BCUT2D eigenvalue weighted by atomic mass is 10.1. The van der Waals surface area contributed by atoms with Crippen LogP contribution < -0.4 is 5.32 Å². The molecule has 0 fully saturated rings. The smallest absolute Gasteiger partial charge is 0.261 e. The molecule has 0 radical (unpaired) electrons. The Hall–Kier alpha value is -3.16. The molecule has 1 amide bonds. The highest BCUT2D eigenvalue weighted by Crippen LogP contribution is 2.23. The van der Waals surface area contributed by atoms with E-state index in [1.807, 2.05) is 0 Å². The Kier molecular flexibility index (Phi) is 4.98. The van der Waals surface area contributed by atoms with Crippen LogP contribution in [0.3, 0.4) is 0 Å². The summed E-state index contributed by atoms with van der Waals surface area (Å²) in [6.45, 7) is 2.97. The second-order valence-electron chi connectivity index (χ2n) is 5.96. The number of benzene rings is 2. The standard InChI is InChI=1S/C19H15F4N3O/c1-10-8-16(11(2)20)25-26(10)17-7-6-12(9-15(17)23)24-19(27)18-13(21)4-3-5-14(18)22/h3-9,11H,1-2H3,(H,24,27). The van der Waals surface area contributed by atoms with Crippen molar-refractivity contribution in [3.8, 4) is 5.69 Å². The van der Waals surface area contributed by atoms with E-state index in [-0.39, 0.29) is 17.1 Å². The molecule has 0 spiro atoms. The number of alkyl halides is 1. The van der Waals surface area contributed by atoms with E-state index in [0.29, 0.717) is 5.69 Å². The summed E-state index contributed by atoms with van der Waals surface area (Å²) < 4.78 is 56.4. The molecule has 1 atom stereocenters. The molecule has 1 aromatic heterocycles. The van der Waals surface area contributed by atoms with Crippen LogP contribution >= 0.6 is 0 Å². The van der Waals surface area contributed by atoms with Crippen LogP contribution in [0.15, 0.2) is 42.5 Å². The third kappa shape index (κ3) is 3.69. The molecule has 1 heterocycles. The van der Waals surface area contributed by atoms with Crippen molar-refractivity contribution in [2.24, 2.45) is 0 Å². The SMILES string of the molecule is Cc1cc(C(C)F)nn1-c1ccc(NC(=O)c2c(F)cccc2F)cc1F. The maximum Gasteiger partial charge on any atom is 0.261 e. The first-order chi connectivity index (χ1) is 12.8. The average molecular weight is 377 g/mol. The number of anilines is 1. The number of halogens is 4. The van der Waals surface area contributed by atoms with Crippen molar-refractivity contribution in [1.29, 1.82) is 0 Å². The van der Waals surface area contributed by atoms with Crippen molar-refractivity contribution in [1.82, 2.24) is 9.78 Å².